The van der Waals surface area contributed by atoms with Crippen LogP contribution in [0.5, 0.6) is 0 Å². The van der Waals surface area contributed by atoms with Gasteiger partial charge in [0.1, 0.15) is 5.54 Å². The Kier molecular flexibility index (Phi) is 3.71. The number of thiophene rings is 1. The van der Waals surface area contributed by atoms with Gasteiger partial charge in [0.05, 0.1) is 17.6 Å². The van der Waals surface area contributed by atoms with Crippen LogP contribution in [0, 0.1) is 25.2 Å². The van der Waals surface area contributed by atoms with Gasteiger partial charge in [-0.15, -0.1) is 11.3 Å². The number of nitriles is 1. The van der Waals surface area contributed by atoms with Crippen LogP contribution in [0.15, 0.2) is 11.0 Å². The summed E-state index contributed by atoms with van der Waals surface area (Å²) in [5.74, 6) is 0. The molecule has 0 radical (unpaired) electrons. The summed E-state index contributed by atoms with van der Waals surface area (Å²) in [4.78, 5) is 1.98. The molecule has 0 N–H and O–H groups in total. The van der Waals surface area contributed by atoms with E-state index in [0.29, 0.717) is 17.9 Å². The molecule has 1 aromatic rings. The van der Waals surface area contributed by atoms with Crippen molar-refractivity contribution in [3.8, 4) is 6.07 Å². The smallest absolute Gasteiger partial charge is 0.245 e. The van der Waals surface area contributed by atoms with Crippen LogP contribution < -0.4 is 0 Å². The fourth-order valence-electron chi connectivity index (χ4n) is 2.20. The fraction of sp³-hybridized carbons (Fsp3) is 0.583. The lowest BCUT2D eigenvalue weighted by Gasteiger charge is -2.29. The van der Waals surface area contributed by atoms with Crippen LogP contribution in [0.3, 0.4) is 0 Å². The summed E-state index contributed by atoms with van der Waals surface area (Å²) in [6.07, 6.45) is 0.404. The Hall–Kier alpha value is -0.940. The predicted octanol–water partition coefficient (Wildman–Crippen LogP) is 1.67. The van der Waals surface area contributed by atoms with Crippen LogP contribution in [0.4, 0.5) is 0 Å². The summed E-state index contributed by atoms with van der Waals surface area (Å²) in [7, 11) is -2.20. The first-order chi connectivity index (χ1) is 8.83. The molecule has 5 nitrogen and oxygen atoms in total. The van der Waals surface area contributed by atoms with Crippen molar-refractivity contribution in [2.24, 2.45) is 0 Å². The summed E-state index contributed by atoms with van der Waals surface area (Å²) in [6, 6.07) is 3.76. The molecule has 0 saturated carbocycles. The molecule has 104 valence electrons. The predicted molar refractivity (Wildman–Crippen MR) is 72.5 cm³/mol. The van der Waals surface area contributed by atoms with Crippen molar-refractivity contribution in [3.05, 3.63) is 15.8 Å². The molecule has 2 heterocycles. The van der Waals surface area contributed by atoms with Gasteiger partial charge in [0.15, 0.2) is 0 Å². The first kappa shape index (κ1) is 14.5. The van der Waals surface area contributed by atoms with Gasteiger partial charge in [-0.25, -0.2) is 8.42 Å². The molecule has 0 amide bonds. The van der Waals surface area contributed by atoms with Crippen LogP contribution in [0.25, 0.3) is 0 Å². The Morgan fingerprint density at radius 3 is 2.63 bits per heavy atom. The van der Waals surface area contributed by atoms with Gasteiger partial charge < -0.3 is 4.74 Å². The van der Waals surface area contributed by atoms with Crippen molar-refractivity contribution >= 4 is 21.4 Å². The third kappa shape index (κ3) is 2.30. The largest absolute Gasteiger partial charge is 0.378 e. The van der Waals surface area contributed by atoms with Crippen molar-refractivity contribution in [2.75, 3.05) is 20.3 Å². The van der Waals surface area contributed by atoms with E-state index in [1.807, 2.05) is 6.92 Å². The lowest BCUT2D eigenvalue weighted by atomic mass is 10.0. The quantitative estimate of drug-likeness (QED) is 0.851. The monoisotopic (exact) mass is 300 g/mol. The molecule has 0 aromatic carbocycles. The number of hydrogen-bond donors (Lipinski definition) is 0. The molecule has 1 aliphatic rings. The minimum absolute atomic E-state index is 0.126. The molecule has 0 aliphatic carbocycles. The highest BCUT2D eigenvalue weighted by molar-refractivity contribution is 7.89. The molecule has 1 fully saturated rings. The van der Waals surface area contributed by atoms with Crippen molar-refractivity contribution in [1.29, 1.82) is 5.26 Å². The second-order valence-electron chi connectivity index (χ2n) is 4.70. The molecule has 7 heteroatoms. The number of ether oxygens (including phenoxy) is 1. The fourth-order valence-corrected chi connectivity index (χ4v) is 5.17. The van der Waals surface area contributed by atoms with Crippen molar-refractivity contribution in [2.45, 2.75) is 30.7 Å². The zero-order chi connectivity index (χ0) is 14.3. The Bertz CT molecular complexity index is 622. The molecule has 0 unspecified atom stereocenters. The summed E-state index contributed by atoms with van der Waals surface area (Å²) in [6.45, 7) is 4.19. The Labute approximate surface area is 117 Å². The summed E-state index contributed by atoms with van der Waals surface area (Å²) in [5.41, 5.74) is -1.08. The lowest BCUT2D eigenvalue weighted by molar-refractivity contribution is 0.162. The number of rotatable bonds is 3. The van der Waals surface area contributed by atoms with E-state index in [0.717, 1.165) is 9.75 Å². The van der Waals surface area contributed by atoms with Crippen LogP contribution in [-0.4, -0.2) is 38.5 Å². The third-order valence-electron chi connectivity index (χ3n) is 3.45. The van der Waals surface area contributed by atoms with E-state index < -0.39 is 15.6 Å². The SMILES string of the molecule is Cc1cc(S(=O)(=O)N(C)[C@]2(C#N)CCOC2)c(C)s1. The van der Waals surface area contributed by atoms with E-state index in [9.17, 15) is 13.7 Å². The van der Waals surface area contributed by atoms with Crippen LogP contribution in [0.1, 0.15) is 16.2 Å². The van der Waals surface area contributed by atoms with Crippen molar-refractivity contribution in [3.63, 3.8) is 0 Å². The highest BCUT2D eigenvalue weighted by Crippen LogP contribution is 2.33. The molecule has 2 rings (SSSR count). The molecule has 19 heavy (non-hydrogen) atoms. The molecular formula is C12H16N2O3S2. The summed E-state index contributed by atoms with van der Waals surface area (Å²) in [5, 5.41) is 9.34. The average Bonchev–Trinajstić information content (AvgIpc) is 2.95. The van der Waals surface area contributed by atoms with Gasteiger partial charge in [0.2, 0.25) is 10.0 Å². The maximum absolute atomic E-state index is 12.6. The van der Waals surface area contributed by atoms with Gasteiger partial charge in [0, 0.05) is 29.8 Å². The number of sulfonamides is 1. The number of hydrogen-bond acceptors (Lipinski definition) is 5. The second-order valence-corrected chi connectivity index (χ2v) is 8.09. The maximum atomic E-state index is 12.6. The molecule has 1 saturated heterocycles. The minimum Gasteiger partial charge on any atom is -0.378 e. The third-order valence-corrected chi connectivity index (χ3v) is 6.59. The van der Waals surface area contributed by atoms with Crippen molar-refractivity contribution in [1.82, 2.24) is 4.31 Å². The highest BCUT2D eigenvalue weighted by atomic mass is 32.2. The standard InChI is InChI=1S/C12H16N2O3S2/c1-9-6-11(10(2)18-9)19(15,16)14(3)12(7-13)4-5-17-8-12/h6H,4-5,8H2,1-3H3/t12-/m0/s1. The number of likely N-dealkylation sites (N-methyl/N-ethyl adjacent to an activating group) is 1. The minimum atomic E-state index is -3.66. The molecule has 1 aliphatic heterocycles. The van der Waals surface area contributed by atoms with Gasteiger partial charge in [-0.05, 0) is 19.9 Å². The number of nitrogens with zero attached hydrogens (tertiary/aromatic N) is 2. The van der Waals surface area contributed by atoms with E-state index in [4.69, 9.17) is 4.74 Å². The molecule has 0 bridgehead atoms. The van der Waals surface area contributed by atoms with E-state index in [1.165, 1.54) is 22.7 Å². The van der Waals surface area contributed by atoms with Crippen molar-refractivity contribution < 1.29 is 13.2 Å². The van der Waals surface area contributed by atoms with Gasteiger partial charge in [-0.1, -0.05) is 0 Å². The number of aryl methyl sites for hydroxylation is 2. The van der Waals surface area contributed by atoms with Gasteiger partial charge in [0.25, 0.3) is 0 Å². The molecule has 0 spiro atoms. The van der Waals surface area contributed by atoms with Gasteiger partial charge in [-0.3, -0.25) is 0 Å². The summed E-state index contributed by atoms with van der Waals surface area (Å²) < 4.78 is 31.7. The highest BCUT2D eigenvalue weighted by Gasteiger charge is 2.45. The molecular weight excluding hydrogens is 284 g/mol. The van der Waals surface area contributed by atoms with Crippen LogP contribution >= 0.6 is 11.3 Å². The zero-order valence-electron chi connectivity index (χ0n) is 11.1. The van der Waals surface area contributed by atoms with Crippen LogP contribution in [0.2, 0.25) is 0 Å². The molecule has 1 aromatic heterocycles. The Balaban J connectivity index is 2.45. The first-order valence-electron chi connectivity index (χ1n) is 5.88. The molecule has 1 atom stereocenters. The topological polar surface area (TPSA) is 70.4 Å². The lowest BCUT2D eigenvalue weighted by Crippen LogP contribution is -2.49. The van der Waals surface area contributed by atoms with Gasteiger partial charge in [-0.2, -0.15) is 9.57 Å². The zero-order valence-corrected chi connectivity index (χ0v) is 12.8. The Morgan fingerprint density at radius 1 is 1.53 bits per heavy atom. The Morgan fingerprint density at radius 2 is 2.21 bits per heavy atom. The first-order valence-corrected chi connectivity index (χ1v) is 8.14. The maximum Gasteiger partial charge on any atom is 0.245 e. The van der Waals surface area contributed by atoms with E-state index >= 15 is 0 Å². The van der Waals surface area contributed by atoms with E-state index in [2.05, 4.69) is 6.07 Å². The van der Waals surface area contributed by atoms with E-state index in [1.54, 1.807) is 13.0 Å². The summed E-state index contributed by atoms with van der Waals surface area (Å²) >= 11 is 1.44. The second kappa shape index (κ2) is 4.87. The normalized spacial score (nSPS) is 23.7. The van der Waals surface area contributed by atoms with E-state index in [-0.39, 0.29) is 6.61 Å². The van der Waals surface area contributed by atoms with Gasteiger partial charge >= 0.3 is 0 Å². The van der Waals surface area contributed by atoms with Crippen LogP contribution in [-0.2, 0) is 14.8 Å². The average molecular weight is 300 g/mol.